The van der Waals surface area contributed by atoms with E-state index in [1.54, 1.807) is 0 Å². The molecule has 3 atom stereocenters. The minimum absolute atomic E-state index is 0.101. The van der Waals surface area contributed by atoms with Crippen molar-refractivity contribution in [3.63, 3.8) is 0 Å². The number of anilines is 1. The Hall–Kier alpha value is -6.64. The molecular formula is C55H48N2. The van der Waals surface area contributed by atoms with Crippen molar-refractivity contribution in [2.45, 2.75) is 45.2 Å². The van der Waals surface area contributed by atoms with Gasteiger partial charge in [-0.1, -0.05) is 175 Å². The van der Waals surface area contributed by atoms with Gasteiger partial charge in [0, 0.05) is 28.4 Å². The number of fused-ring (bicyclic) bond motifs is 3. The first-order valence-electron chi connectivity index (χ1n) is 20.3. The monoisotopic (exact) mass is 736 g/mol. The smallest absolute Gasteiger partial charge is 0.0541 e. The van der Waals surface area contributed by atoms with E-state index in [9.17, 15) is 0 Å². The first kappa shape index (κ1) is 36.0. The fourth-order valence-electron chi connectivity index (χ4n) is 8.90. The van der Waals surface area contributed by atoms with Crippen molar-refractivity contribution < 1.29 is 0 Å². The van der Waals surface area contributed by atoms with E-state index in [-0.39, 0.29) is 18.0 Å². The summed E-state index contributed by atoms with van der Waals surface area (Å²) in [6.45, 7) is 6.71. The van der Waals surface area contributed by atoms with Crippen LogP contribution in [0.25, 0.3) is 55.3 Å². The Kier molecular flexibility index (Phi) is 10.0. The van der Waals surface area contributed by atoms with Crippen LogP contribution >= 0.6 is 0 Å². The molecule has 57 heavy (non-hydrogen) atoms. The third-order valence-corrected chi connectivity index (χ3v) is 11.8. The lowest BCUT2D eigenvalue weighted by atomic mass is 9.86. The number of rotatable bonds is 10. The van der Waals surface area contributed by atoms with Gasteiger partial charge in [0.25, 0.3) is 0 Å². The normalized spacial score (nSPS) is 15.2. The van der Waals surface area contributed by atoms with Crippen LogP contribution in [0.4, 0.5) is 5.69 Å². The third-order valence-electron chi connectivity index (χ3n) is 11.8. The molecule has 0 N–H and O–H groups in total. The zero-order chi connectivity index (χ0) is 38.7. The summed E-state index contributed by atoms with van der Waals surface area (Å²) >= 11 is 0. The standard InChI is InChI=1S/C55H48N2/c1-4-15-49(50-20-8-11-23-53(50)57-54-24-12-9-21-51(54)52-22-10-13-25-55(52)57)40(3)56(47-34-30-43(31-35-47)42-28-26-39(2)27-29-42)48-36-32-44(33-37-48)46-19-14-18-45(38-46)41-16-6-5-7-17-41/h4-36,38,40,48-49H,37H2,1-3H3/b15-4-. The first-order valence-corrected chi connectivity index (χ1v) is 20.3. The Morgan fingerprint density at radius 1 is 0.596 bits per heavy atom. The molecule has 0 spiro atoms. The summed E-state index contributed by atoms with van der Waals surface area (Å²) in [5.74, 6) is 0.101. The van der Waals surface area contributed by atoms with Crippen molar-refractivity contribution in [3.8, 4) is 27.9 Å². The molecule has 0 amide bonds. The Morgan fingerprint density at radius 3 is 1.84 bits per heavy atom. The van der Waals surface area contributed by atoms with Crippen LogP contribution in [-0.4, -0.2) is 16.7 Å². The highest BCUT2D eigenvalue weighted by Crippen LogP contribution is 2.40. The molecule has 0 saturated heterocycles. The molecule has 1 aliphatic rings. The van der Waals surface area contributed by atoms with Crippen molar-refractivity contribution in [2.75, 3.05) is 4.90 Å². The summed E-state index contributed by atoms with van der Waals surface area (Å²) in [5, 5.41) is 2.55. The van der Waals surface area contributed by atoms with Gasteiger partial charge in [-0.05, 0) is 103 Å². The molecular weight excluding hydrogens is 689 g/mol. The van der Waals surface area contributed by atoms with Crippen molar-refractivity contribution >= 4 is 33.1 Å². The Labute approximate surface area is 337 Å². The predicted octanol–water partition coefficient (Wildman–Crippen LogP) is 14.4. The zero-order valence-corrected chi connectivity index (χ0v) is 33.0. The maximum absolute atomic E-state index is 2.66. The lowest BCUT2D eigenvalue weighted by molar-refractivity contribution is 0.540. The second-order valence-corrected chi connectivity index (χ2v) is 15.3. The predicted molar refractivity (Wildman–Crippen MR) is 244 cm³/mol. The van der Waals surface area contributed by atoms with E-state index in [4.69, 9.17) is 0 Å². The van der Waals surface area contributed by atoms with E-state index in [1.807, 2.05) is 0 Å². The average molecular weight is 737 g/mol. The molecule has 1 aliphatic carbocycles. The molecule has 7 aromatic carbocycles. The van der Waals surface area contributed by atoms with Gasteiger partial charge in [0.05, 0.1) is 22.8 Å². The van der Waals surface area contributed by atoms with Crippen LogP contribution in [0.2, 0.25) is 0 Å². The maximum Gasteiger partial charge on any atom is 0.0541 e. The molecule has 2 heteroatoms. The lowest BCUT2D eigenvalue weighted by Crippen LogP contribution is -2.44. The molecule has 1 aromatic heterocycles. The zero-order valence-electron chi connectivity index (χ0n) is 33.0. The fraction of sp³-hybridized carbons (Fsp3) is 0.127. The summed E-state index contributed by atoms with van der Waals surface area (Å²) in [6, 6.07) is 64.6. The first-order chi connectivity index (χ1) is 28.1. The number of benzene rings is 7. The van der Waals surface area contributed by atoms with Gasteiger partial charge in [0.1, 0.15) is 0 Å². The number of allylic oxidation sites excluding steroid dienone is 3. The van der Waals surface area contributed by atoms with Crippen LogP contribution < -0.4 is 4.90 Å². The number of nitrogens with zero attached hydrogens (tertiary/aromatic N) is 2. The van der Waals surface area contributed by atoms with Gasteiger partial charge < -0.3 is 9.47 Å². The second-order valence-electron chi connectivity index (χ2n) is 15.3. The Morgan fingerprint density at radius 2 is 1.18 bits per heavy atom. The second kappa shape index (κ2) is 15.8. The molecule has 9 rings (SSSR count). The molecule has 0 bridgehead atoms. The van der Waals surface area contributed by atoms with Gasteiger partial charge >= 0.3 is 0 Å². The number of aryl methyl sites for hydroxylation is 1. The molecule has 2 nitrogen and oxygen atoms in total. The summed E-state index contributed by atoms with van der Waals surface area (Å²) in [5.41, 5.74) is 14.9. The summed E-state index contributed by atoms with van der Waals surface area (Å²) in [6.07, 6.45) is 12.8. The van der Waals surface area contributed by atoms with Crippen molar-refractivity contribution in [3.05, 3.63) is 223 Å². The molecule has 0 saturated carbocycles. The minimum Gasteiger partial charge on any atom is -0.361 e. The van der Waals surface area contributed by atoms with Crippen molar-refractivity contribution in [2.24, 2.45) is 0 Å². The van der Waals surface area contributed by atoms with E-state index in [1.165, 1.54) is 77.7 Å². The lowest BCUT2D eigenvalue weighted by Gasteiger charge is -2.41. The number of hydrogen-bond donors (Lipinski definition) is 0. The van der Waals surface area contributed by atoms with E-state index < -0.39 is 0 Å². The molecule has 1 heterocycles. The molecule has 278 valence electrons. The number of aromatic nitrogens is 1. The van der Waals surface area contributed by atoms with Crippen LogP contribution in [0, 0.1) is 6.92 Å². The topological polar surface area (TPSA) is 8.17 Å². The van der Waals surface area contributed by atoms with Crippen LogP contribution in [0.3, 0.4) is 0 Å². The quantitative estimate of drug-likeness (QED) is 0.127. The van der Waals surface area contributed by atoms with Crippen molar-refractivity contribution in [1.82, 2.24) is 4.57 Å². The van der Waals surface area contributed by atoms with Crippen LogP contribution in [0.15, 0.2) is 206 Å². The van der Waals surface area contributed by atoms with Gasteiger partial charge in [-0.15, -0.1) is 0 Å². The molecule has 3 unspecified atom stereocenters. The van der Waals surface area contributed by atoms with Crippen LogP contribution in [0.5, 0.6) is 0 Å². The molecule has 0 aliphatic heterocycles. The van der Waals surface area contributed by atoms with Gasteiger partial charge in [-0.2, -0.15) is 0 Å². The molecule has 0 fully saturated rings. The van der Waals surface area contributed by atoms with E-state index in [0.717, 1.165) is 6.42 Å². The maximum atomic E-state index is 2.66. The highest BCUT2D eigenvalue weighted by atomic mass is 15.2. The SMILES string of the molecule is C/C=C\C(c1ccccc1-n1c2ccccc2c2ccccc21)C(C)N(c1ccc(-c2ccc(C)cc2)cc1)C1C=CC(c2cccc(-c3ccccc3)c2)=CC1. The summed E-state index contributed by atoms with van der Waals surface area (Å²) in [4.78, 5) is 2.66. The van der Waals surface area contributed by atoms with Crippen molar-refractivity contribution in [1.29, 1.82) is 0 Å². The number of hydrogen-bond acceptors (Lipinski definition) is 1. The van der Waals surface area contributed by atoms with Gasteiger partial charge in [0.15, 0.2) is 0 Å². The van der Waals surface area contributed by atoms with E-state index >= 15 is 0 Å². The Bertz CT molecular complexity index is 2690. The third kappa shape index (κ3) is 7.04. The van der Waals surface area contributed by atoms with E-state index in [2.05, 4.69) is 237 Å². The number of para-hydroxylation sites is 3. The average Bonchev–Trinajstić information content (AvgIpc) is 3.61. The molecule has 8 aromatic rings. The van der Waals surface area contributed by atoms with Gasteiger partial charge in [-0.25, -0.2) is 0 Å². The van der Waals surface area contributed by atoms with Crippen LogP contribution in [0.1, 0.15) is 42.9 Å². The van der Waals surface area contributed by atoms with Crippen LogP contribution in [-0.2, 0) is 0 Å². The summed E-state index contributed by atoms with van der Waals surface area (Å²) < 4.78 is 2.48. The fourth-order valence-corrected chi connectivity index (χ4v) is 8.90. The molecule has 0 radical (unpaired) electrons. The van der Waals surface area contributed by atoms with Gasteiger partial charge in [0.2, 0.25) is 0 Å². The van der Waals surface area contributed by atoms with E-state index in [0.29, 0.717) is 0 Å². The summed E-state index contributed by atoms with van der Waals surface area (Å²) in [7, 11) is 0. The largest absolute Gasteiger partial charge is 0.361 e. The Balaban J connectivity index is 1.12. The van der Waals surface area contributed by atoms with Gasteiger partial charge in [-0.3, -0.25) is 0 Å². The highest BCUT2D eigenvalue weighted by molar-refractivity contribution is 6.09. The minimum atomic E-state index is 0.101. The highest BCUT2D eigenvalue weighted by Gasteiger charge is 2.31.